The Morgan fingerprint density at radius 3 is 2.74 bits per heavy atom. The molecule has 0 aliphatic carbocycles. The predicted octanol–water partition coefficient (Wildman–Crippen LogP) is 0.186. The molecule has 3 N–H and O–H groups in total. The van der Waals surface area contributed by atoms with E-state index in [1.807, 2.05) is 6.07 Å². The second-order valence-electron chi connectivity index (χ2n) is 3.99. The highest BCUT2D eigenvalue weighted by Crippen LogP contribution is 2.10. The van der Waals surface area contributed by atoms with Crippen LogP contribution in [0.4, 0.5) is 5.82 Å². The van der Waals surface area contributed by atoms with Crippen LogP contribution in [-0.2, 0) is 6.54 Å². The minimum atomic E-state index is -1.52. The molecule has 96 valence electrons. The van der Waals surface area contributed by atoms with Crippen molar-refractivity contribution >= 4 is 24.7 Å². The molecule has 1 heterocycles. The Kier molecular flexibility index (Phi) is 4.28. The number of aromatic nitrogens is 1. The van der Waals surface area contributed by atoms with Gasteiger partial charge in [-0.1, -0.05) is 24.3 Å². The van der Waals surface area contributed by atoms with Crippen LogP contribution in [-0.4, -0.2) is 28.4 Å². The van der Waals surface area contributed by atoms with Gasteiger partial charge in [-0.05, 0) is 23.2 Å². The van der Waals surface area contributed by atoms with Gasteiger partial charge in [-0.2, -0.15) is 0 Å². The maximum absolute atomic E-state index is 10.9. The van der Waals surface area contributed by atoms with E-state index in [0.717, 1.165) is 11.8 Å². The first-order valence-electron chi connectivity index (χ1n) is 5.80. The first-order chi connectivity index (χ1) is 9.22. The predicted molar refractivity (Wildman–Crippen MR) is 73.2 cm³/mol. The minimum Gasteiger partial charge on any atom is -0.423 e. The average molecular weight is 256 g/mol. The van der Waals surface area contributed by atoms with E-state index in [-0.39, 0.29) is 0 Å². The first-order valence-corrected chi connectivity index (χ1v) is 5.80. The fourth-order valence-electron chi connectivity index (χ4n) is 1.79. The van der Waals surface area contributed by atoms with Crippen LogP contribution in [0.1, 0.15) is 15.9 Å². The third-order valence-electron chi connectivity index (χ3n) is 2.75. The molecule has 6 heteroatoms. The maximum atomic E-state index is 10.9. The van der Waals surface area contributed by atoms with E-state index in [0.29, 0.717) is 23.4 Å². The molecule has 2 aromatic rings. The summed E-state index contributed by atoms with van der Waals surface area (Å²) in [5, 5.41) is 21.5. The molecule has 0 atom stereocenters. The van der Waals surface area contributed by atoms with Gasteiger partial charge in [0, 0.05) is 12.7 Å². The van der Waals surface area contributed by atoms with Crippen LogP contribution in [0.15, 0.2) is 42.6 Å². The van der Waals surface area contributed by atoms with Gasteiger partial charge in [-0.3, -0.25) is 4.79 Å². The number of pyridine rings is 1. The second kappa shape index (κ2) is 6.13. The molecule has 19 heavy (non-hydrogen) atoms. The van der Waals surface area contributed by atoms with Crippen molar-refractivity contribution in [3.05, 3.63) is 53.7 Å². The van der Waals surface area contributed by atoms with Gasteiger partial charge in [0.15, 0.2) is 6.29 Å². The molecule has 0 aliphatic rings. The van der Waals surface area contributed by atoms with Crippen molar-refractivity contribution in [3.63, 3.8) is 0 Å². The van der Waals surface area contributed by atoms with Gasteiger partial charge in [-0.25, -0.2) is 4.98 Å². The molecule has 0 aliphatic heterocycles. The van der Waals surface area contributed by atoms with Gasteiger partial charge < -0.3 is 15.4 Å². The summed E-state index contributed by atoms with van der Waals surface area (Å²) in [6, 6.07) is 10.3. The van der Waals surface area contributed by atoms with E-state index < -0.39 is 7.12 Å². The zero-order chi connectivity index (χ0) is 13.7. The number of aldehydes is 1. The molecule has 5 nitrogen and oxygen atoms in total. The summed E-state index contributed by atoms with van der Waals surface area (Å²) < 4.78 is 0. The first kappa shape index (κ1) is 13.3. The van der Waals surface area contributed by atoms with Gasteiger partial charge in [0.25, 0.3) is 0 Å². The van der Waals surface area contributed by atoms with Crippen molar-refractivity contribution in [2.75, 3.05) is 5.32 Å². The summed E-state index contributed by atoms with van der Waals surface area (Å²) in [6.45, 7) is 0.353. The van der Waals surface area contributed by atoms with E-state index in [2.05, 4.69) is 10.3 Å². The molecule has 0 bridgehead atoms. The van der Waals surface area contributed by atoms with Gasteiger partial charge in [0.1, 0.15) is 5.82 Å². The highest BCUT2D eigenvalue weighted by atomic mass is 16.4. The lowest BCUT2D eigenvalue weighted by molar-refractivity contribution is 0.112. The normalized spacial score (nSPS) is 10.0. The maximum Gasteiger partial charge on any atom is 0.488 e. The van der Waals surface area contributed by atoms with Crippen molar-refractivity contribution in [3.8, 4) is 0 Å². The quantitative estimate of drug-likeness (QED) is 0.525. The van der Waals surface area contributed by atoms with E-state index in [4.69, 9.17) is 0 Å². The molecule has 0 radical (unpaired) electrons. The van der Waals surface area contributed by atoms with E-state index >= 15 is 0 Å². The number of nitrogens with one attached hydrogen (secondary N) is 1. The Hall–Kier alpha value is -2.18. The van der Waals surface area contributed by atoms with Crippen LogP contribution < -0.4 is 10.8 Å². The lowest BCUT2D eigenvalue weighted by atomic mass is 9.77. The summed E-state index contributed by atoms with van der Waals surface area (Å²) in [6.07, 6.45) is 2.31. The molecular weight excluding hydrogens is 243 g/mol. The summed E-state index contributed by atoms with van der Waals surface area (Å²) in [7, 11) is -1.52. The molecule has 0 fully saturated rings. The highest BCUT2D eigenvalue weighted by molar-refractivity contribution is 6.59. The van der Waals surface area contributed by atoms with Crippen LogP contribution in [0.5, 0.6) is 0 Å². The Balaban J connectivity index is 2.17. The van der Waals surface area contributed by atoms with E-state index in [1.54, 1.807) is 36.5 Å². The van der Waals surface area contributed by atoms with Crippen LogP contribution in [0.2, 0.25) is 0 Å². The zero-order valence-corrected chi connectivity index (χ0v) is 10.2. The van der Waals surface area contributed by atoms with Crippen LogP contribution >= 0.6 is 0 Å². The molecular formula is C13H13BN2O3. The molecule has 0 amide bonds. The van der Waals surface area contributed by atoms with Gasteiger partial charge >= 0.3 is 7.12 Å². The molecule has 0 saturated carbocycles. The van der Waals surface area contributed by atoms with Crippen molar-refractivity contribution in [1.29, 1.82) is 0 Å². The van der Waals surface area contributed by atoms with Crippen molar-refractivity contribution in [2.24, 2.45) is 0 Å². The standard InChI is InChI=1S/C13H13BN2O3/c17-9-11-5-3-7-15-13(11)16-8-10-4-1-2-6-12(10)14(18)19/h1-7,9,18-19H,8H2,(H,15,16). The number of hydrogen-bond donors (Lipinski definition) is 3. The van der Waals surface area contributed by atoms with Crippen LogP contribution in [0.3, 0.4) is 0 Å². The minimum absolute atomic E-state index is 0.353. The van der Waals surface area contributed by atoms with Gasteiger partial charge in [0.2, 0.25) is 0 Å². The van der Waals surface area contributed by atoms with Crippen molar-refractivity contribution < 1.29 is 14.8 Å². The number of hydrogen-bond acceptors (Lipinski definition) is 5. The van der Waals surface area contributed by atoms with Gasteiger partial charge in [-0.15, -0.1) is 0 Å². The van der Waals surface area contributed by atoms with Crippen LogP contribution in [0, 0.1) is 0 Å². The number of carbonyl (C=O) groups excluding carboxylic acids is 1. The Bertz CT molecular complexity index is 575. The number of rotatable bonds is 5. The fraction of sp³-hybridized carbons (Fsp3) is 0.0769. The number of nitrogens with zero attached hydrogens (tertiary/aromatic N) is 1. The molecule has 1 aromatic carbocycles. The monoisotopic (exact) mass is 256 g/mol. The van der Waals surface area contributed by atoms with Crippen molar-refractivity contribution in [2.45, 2.75) is 6.54 Å². The summed E-state index contributed by atoms with van der Waals surface area (Å²) in [5.41, 5.74) is 1.63. The third-order valence-corrected chi connectivity index (χ3v) is 2.75. The van der Waals surface area contributed by atoms with E-state index in [9.17, 15) is 14.8 Å². The fourth-order valence-corrected chi connectivity index (χ4v) is 1.79. The smallest absolute Gasteiger partial charge is 0.423 e. The number of benzene rings is 1. The molecule has 1 aromatic heterocycles. The summed E-state index contributed by atoms with van der Waals surface area (Å²) >= 11 is 0. The second-order valence-corrected chi connectivity index (χ2v) is 3.99. The largest absolute Gasteiger partial charge is 0.488 e. The highest BCUT2D eigenvalue weighted by Gasteiger charge is 2.15. The zero-order valence-electron chi connectivity index (χ0n) is 10.2. The topological polar surface area (TPSA) is 82.5 Å². The molecule has 0 spiro atoms. The number of carbonyl (C=O) groups is 1. The molecule has 2 rings (SSSR count). The lowest BCUT2D eigenvalue weighted by Crippen LogP contribution is -2.33. The Morgan fingerprint density at radius 1 is 1.21 bits per heavy atom. The van der Waals surface area contributed by atoms with Crippen molar-refractivity contribution in [1.82, 2.24) is 4.98 Å². The summed E-state index contributed by atoms with van der Waals surface area (Å²) in [4.78, 5) is 14.9. The van der Waals surface area contributed by atoms with Gasteiger partial charge in [0.05, 0.1) is 5.56 Å². The Morgan fingerprint density at radius 2 is 2.00 bits per heavy atom. The molecule has 0 unspecified atom stereocenters. The Labute approximate surface area is 111 Å². The number of anilines is 1. The van der Waals surface area contributed by atoms with Crippen LogP contribution in [0.25, 0.3) is 0 Å². The SMILES string of the molecule is O=Cc1cccnc1NCc1ccccc1B(O)O. The average Bonchev–Trinajstić information content (AvgIpc) is 2.45. The van der Waals surface area contributed by atoms with E-state index in [1.165, 1.54) is 0 Å². The lowest BCUT2D eigenvalue weighted by Gasteiger charge is -2.11. The summed E-state index contributed by atoms with van der Waals surface area (Å²) in [5.74, 6) is 0.472. The molecule has 0 saturated heterocycles. The third kappa shape index (κ3) is 3.18.